The maximum atomic E-state index is 13.1. The lowest BCUT2D eigenvalue weighted by Gasteiger charge is -2.18. The van der Waals surface area contributed by atoms with E-state index in [0.717, 1.165) is 31.6 Å². The first kappa shape index (κ1) is 13.1. The molecule has 0 heterocycles. The molecule has 0 bridgehead atoms. The van der Waals surface area contributed by atoms with Gasteiger partial charge in [0.2, 0.25) is 0 Å². The Morgan fingerprint density at radius 2 is 2.25 bits per heavy atom. The van der Waals surface area contributed by atoms with Crippen LogP contribution in [0.4, 0.5) is 4.39 Å². The molecule has 90 valence electrons. The van der Waals surface area contributed by atoms with Gasteiger partial charge in [-0.1, -0.05) is 19.1 Å². The van der Waals surface area contributed by atoms with E-state index in [9.17, 15) is 4.39 Å². The van der Waals surface area contributed by atoms with Crippen LogP contribution in [-0.2, 0) is 4.74 Å². The Hall–Kier alpha value is -0.930. The predicted molar refractivity (Wildman–Crippen MR) is 63.9 cm³/mol. The molecule has 0 aromatic heterocycles. The van der Waals surface area contributed by atoms with Crippen LogP contribution in [0.15, 0.2) is 24.3 Å². The average molecular weight is 225 g/mol. The summed E-state index contributed by atoms with van der Waals surface area (Å²) in [6, 6.07) is 7.01. The summed E-state index contributed by atoms with van der Waals surface area (Å²) in [6.45, 7) is 3.69. The monoisotopic (exact) mass is 225 g/mol. The second-order valence-corrected chi connectivity index (χ2v) is 3.80. The van der Waals surface area contributed by atoms with E-state index in [2.05, 4.69) is 12.2 Å². The molecule has 0 saturated carbocycles. The first-order valence-electron chi connectivity index (χ1n) is 5.75. The maximum absolute atomic E-state index is 13.1. The van der Waals surface area contributed by atoms with Gasteiger partial charge in [0.15, 0.2) is 0 Å². The van der Waals surface area contributed by atoms with Gasteiger partial charge in [-0.15, -0.1) is 0 Å². The lowest BCUT2D eigenvalue weighted by molar-refractivity contribution is 0.189. The van der Waals surface area contributed by atoms with Crippen LogP contribution in [0.3, 0.4) is 0 Å². The topological polar surface area (TPSA) is 21.3 Å². The lowest BCUT2D eigenvalue weighted by Crippen LogP contribution is -2.21. The first-order chi connectivity index (χ1) is 7.77. The zero-order chi connectivity index (χ0) is 11.8. The summed E-state index contributed by atoms with van der Waals surface area (Å²) in [7, 11) is 1.70. The molecule has 1 aromatic rings. The van der Waals surface area contributed by atoms with E-state index in [1.807, 2.05) is 6.07 Å². The number of halogens is 1. The molecule has 1 unspecified atom stereocenters. The van der Waals surface area contributed by atoms with E-state index in [1.54, 1.807) is 19.2 Å². The SMILES string of the molecule is CCNC(CCCOC)c1cccc(F)c1. The van der Waals surface area contributed by atoms with Crippen molar-refractivity contribution in [2.75, 3.05) is 20.3 Å². The summed E-state index contributed by atoms with van der Waals surface area (Å²) < 4.78 is 18.1. The smallest absolute Gasteiger partial charge is 0.123 e. The van der Waals surface area contributed by atoms with Crippen molar-refractivity contribution in [1.29, 1.82) is 0 Å². The standard InChI is InChI=1S/C13H20FNO/c1-3-15-13(8-5-9-16-2)11-6-4-7-12(14)10-11/h4,6-7,10,13,15H,3,5,8-9H2,1-2H3. The van der Waals surface area contributed by atoms with Gasteiger partial charge >= 0.3 is 0 Å². The molecule has 1 rings (SSSR count). The number of rotatable bonds is 7. The molecule has 0 spiro atoms. The molecule has 0 aliphatic carbocycles. The van der Waals surface area contributed by atoms with Gasteiger partial charge in [-0.05, 0) is 37.1 Å². The fourth-order valence-electron chi connectivity index (χ4n) is 1.79. The second kappa shape index (κ2) is 7.36. The van der Waals surface area contributed by atoms with Gasteiger partial charge in [-0.2, -0.15) is 0 Å². The molecule has 0 fully saturated rings. The highest BCUT2D eigenvalue weighted by Gasteiger charge is 2.10. The Morgan fingerprint density at radius 1 is 1.44 bits per heavy atom. The van der Waals surface area contributed by atoms with Gasteiger partial charge in [0.05, 0.1) is 0 Å². The highest BCUT2D eigenvalue weighted by molar-refractivity contribution is 5.20. The van der Waals surface area contributed by atoms with Crippen LogP contribution >= 0.6 is 0 Å². The molecule has 3 heteroatoms. The van der Waals surface area contributed by atoms with Crippen LogP contribution < -0.4 is 5.32 Å². The fraction of sp³-hybridized carbons (Fsp3) is 0.538. The number of benzene rings is 1. The Labute approximate surface area is 96.8 Å². The molecule has 0 amide bonds. The molecule has 16 heavy (non-hydrogen) atoms. The summed E-state index contributed by atoms with van der Waals surface area (Å²) in [4.78, 5) is 0. The molecule has 1 aromatic carbocycles. The van der Waals surface area contributed by atoms with E-state index >= 15 is 0 Å². The molecule has 0 saturated heterocycles. The quantitative estimate of drug-likeness (QED) is 0.720. The summed E-state index contributed by atoms with van der Waals surface area (Å²) in [5, 5.41) is 3.36. The van der Waals surface area contributed by atoms with Gasteiger partial charge in [-0.3, -0.25) is 0 Å². The molecule has 0 aliphatic heterocycles. The van der Waals surface area contributed by atoms with Crippen molar-refractivity contribution >= 4 is 0 Å². The van der Waals surface area contributed by atoms with Crippen LogP contribution in [0.25, 0.3) is 0 Å². The first-order valence-corrected chi connectivity index (χ1v) is 5.75. The van der Waals surface area contributed by atoms with Crippen LogP contribution in [0, 0.1) is 5.82 Å². The van der Waals surface area contributed by atoms with Crippen LogP contribution in [0.1, 0.15) is 31.4 Å². The molecule has 0 aliphatic rings. The number of hydrogen-bond acceptors (Lipinski definition) is 2. The Morgan fingerprint density at radius 3 is 2.88 bits per heavy atom. The molecular formula is C13H20FNO. The molecule has 1 atom stereocenters. The summed E-state index contributed by atoms with van der Waals surface area (Å²) in [6.07, 6.45) is 1.94. The Balaban J connectivity index is 2.61. The molecule has 2 nitrogen and oxygen atoms in total. The zero-order valence-electron chi connectivity index (χ0n) is 10.0. The predicted octanol–water partition coefficient (Wildman–Crippen LogP) is 2.90. The van der Waals surface area contributed by atoms with Gasteiger partial charge in [0, 0.05) is 19.8 Å². The zero-order valence-corrected chi connectivity index (χ0v) is 10.0. The minimum absolute atomic E-state index is 0.174. The number of ether oxygens (including phenoxy) is 1. The van der Waals surface area contributed by atoms with Gasteiger partial charge in [0.25, 0.3) is 0 Å². The number of hydrogen-bond donors (Lipinski definition) is 1. The summed E-state index contributed by atoms with van der Waals surface area (Å²) >= 11 is 0. The molecule has 1 N–H and O–H groups in total. The summed E-state index contributed by atoms with van der Waals surface area (Å²) in [5.41, 5.74) is 1.01. The van der Waals surface area contributed by atoms with E-state index in [-0.39, 0.29) is 11.9 Å². The number of methoxy groups -OCH3 is 1. The van der Waals surface area contributed by atoms with Crippen molar-refractivity contribution < 1.29 is 9.13 Å². The van der Waals surface area contributed by atoms with Crippen molar-refractivity contribution in [3.05, 3.63) is 35.6 Å². The largest absolute Gasteiger partial charge is 0.385 e. The molecule has 0 radical (unpaired) electrons. The second-order valence-electron chi connectivity index (χ2n) is 3.80. The Kier molecular flexibility index (Phi) is 6.04. The normalized spacial score (nSPS) is 12.7. The van der Waals surface area contributed by atoms with Crippen molar-refractivity contribution in [1.82, 2.24) is 5.32 Å². The minimum Gasteiger partial charge on any atom is -0.385 e. The van der Waals surface area contributed by atoms with Crippen molar-refractivity contribution in [3.8, 4) is 0 Å². The van der Waals surface area contributed by atoms with Gasteiger partial charge in [0.1, 0.15) is 5.82 Å². The number of nitrogens with one attached hydrogen (secondary N) is 1. The third kappa shape index (κ3) is 4.29. The third-order valence-corrected chi connectivity index (χ3v) is 2.54. The van der Waals surface area contributed by atoms with Crippen LogP contribution in [0.5, 0.6) is 0 Å². The van der Waals surface area contributed by atoms with Crippen LogP contribution in [-0.4, -0.2) is 20.3 Å². The Bertz CT molecular complexity index is 304. The summed E-state index contributed by atoms with van der Waals surface area (Å²) in [5.74, 6) is -0.174. The highest BCUT2D eigenvalue weighted by Crippen LogP contribution is 2.19. The average Bonchev–Trinajstić information content (AvgIpc) is 2.28. The lowest BCUT2D eigenvalue weighted by atomic mass is 10.0. The minimum atomic E-state index is -0.174. The fourth-order valence-corrected chi connectivity index (χ4v) is 1.79. The third-order valence-electron chi connectivity index (χ3n) is 2.54. The van der Waals surface area contributed by atoms with E-state index in [0.29, 0.717) is 0 Å². The van der Waals surface area contributed by atoms with Crippen molar-refractivity contribution in [3.63, 3.8) is 0 Å². The van der Waals surface area contributed by atoms with Gasteiger partial charge in [-0.25, -0.2) is 4.39 Å². The maximum Gasteiger partial charge on any atom is 0.123 e. The van der Waals surface area contributed by atoms with E-state index < -0.39 is 0 Å². The van der Waals surface area contributed by atoms with E-state index in [1.165, 1.54) is 6.07 Å². The van der Waals surface area contributed by atoms with Crippen molar-refractivity contribution in [2.24, 2.45) is 0 Å². The molecular weight excluding hydrogens is 205 g/mol. The van der Waals surface area contributed by atoms with Crippen molar-refractivity contribution in [2.45, 2.75) is 25.8 Å². The van der Waals surface area contributed by atoms with Crippen LogP contribution in [0.2, 0.25) is 0 Å². The van der Waals surface area contributed by atoms with Gasteiger partial charge < -0.3 is 10.1 Å². The van der Waals surface area contributed by atoms with E-state index in [4.69, 9.17) is 4.74 Å². The highest BCUT2D eigenvalue weighted by atomic mass is 19.1.